The van der Waals surface area contributed by atoms with E-state index in [1.54, 1.807) is 0 Å². The zero-order valence-electron chi connectivity index (χ0n) is 10.7. The van der Waals surface area contributed by atoms with E-state index in [1.807, 2.05) is 0 Å². The number of methoxy groups -OCH3 is 2. The number of halogens is 6. The summed E-state index contributed by atoms with van der Waals surface area (Å²) in [6, 6.07) is 0. The van der Waals surface area contributed by atoms with Crippen molar-refractivity contribution in [1.29, 1.82) is 0 Å². The first-order chi connectivity index (χ1) is 9.52. The number of hydrogen-bond donors (Lipinski definition) is 1. The number of alkyl halides is 6. The second kappa shape index (κ2) is 5.92. The first-order valence-corrected chi connectivity index (χ1v) is 5.28. The van der Waals surface area contributed by atoms with Crippen molar-refractivity contribution in [2.24, 2.45) is 5.92 Å². The quantitative estimate of drug-likeness (QED) is 0.862. The topological polar surface area (TPSA) is 64.5 Å². The zero-order valence-corrected chi connectivity index (χ0v) is 10.7. The minimum atomic E-state index is -5.72. The maximum atomic E-state index is 12.5. The summed E-state index contributed by atoms with van der Waals surface area (Å²) in [6.45, 7) is 0. The Morgan fingerprint density at radius 1 is 1.05 bits per heavy atom. The molecule has 1 heterocycles. The first-order valence-electron chi connectivity index (χ1n) is 5.28. The smallest absolute Gasteiger partial charge is 0.403 e. The van der Waals surface area contributed by atoms with Crippen molar-refractivity contribution in [3.05, 3.63) is 11.9 Å². The van der Waals surface area contributed by atoms with E-state index in [1.165, 1.54) is 0 Å². The third-order valence-electron chi connectivity index (χ3n) is 2.45. The average Bonchev–Trinajstić information content (AvgIpc) is 2.34. The number of ether oxygens (including phenoxy) is 2. The van der Waals surface area contributed by atoms with Crippen LogP contribution in [0.15, 0.2) is 6.20 Å². The van der Waals surface area contributed by atoms with Crippen LogP contribution in [-0.2, 0) is 0 Å². The lowest BCUT2D eigenvalue weighted by molar-refractivity contribution is -0.308. The largest absolute Gasteiger partial charge is 0.480 e. The minimum absolute atomic E-state index is 0.196. The van der Waals surface area contributed by atoms with E-state index in [9.17, 15) is 31.4 Å². The molecule has 11 heteroatoms. The highest BCUT2D eigenvalue weighted by Crippen LogP contribution is 2.47. The van der Waals surface area contributed by atoms with Crippen LogP contribution in [0.25, 0.3) is 0 Å². The summed E-state index contributed by atoms with van der Waals surface area (Å²) in [4.78, 5) is 6.78. The summed E-state index contributed by atoms with van der Waals surface area (Å²) in [5.74, 6) is -4.90. The van der Waals surface area contributed by atoms with Crippen LogP contribution in [0.2, 0.25) is 0 Å². The molecule has 0 spiro atoms. The maximum Gasteiger partial charge on any atom is 0.403 e. The van der Waals surface area contributed by atoms with E-state index < -0.39 is 35.9 Å². The Labute approximate surface area is 114 Å². The van der Waals surface area contributed by atoms with Crippen LogP contribution in [-0.4, -0.2) is 41.6 Å². The predicted octanol–water partition coefficient (Wildman–Crippen LogP) is 2.27. The Balaban J connectivity index is 3.30. The van der Waals surface area contributed by atoms with Crippen LogP contribution < -0.4 is 9.47 Å². The fourth-order valence-corrected chi connectivity index (χ4v) is 1.52. The number of rotatable bonds is 4. The van der Waals surface area contributed by atoms with Crippen molar-refractivity contribution in [2.75, 3.05) is 14.2 Å². The molecular weight excluding hydrogens is 310 g/mol. The summed E-state index contributed by atoms with van der Waals surface area (Å²) in [5.41, 5.74) is -0.988. The fraction of sp³-hybridized carbons (Fsp3) is 0.600. The van der Waals surface area contributed by atoms with Crippen molar-refractivity contribution in [3.63, 3.8) is 0 Å². The molecule has 0 saturated carbocycles. The molecule has 0 aliphatic carbocycles. The molecule has 0 aliphatic heterocycles. The Kier molecular flexibility index (Phi) is 4.87. The Bertz CT molecular complexity index is 477. The summed E-state index contributed by atoms with van der Waals surface area (Å²) in [7, 11) is 2.11. The van der Waals surface area contributed by atoms with Gasteiger partial charge < -0.3 is 14.6 Å². The minimum Gasteiger partial charge on any atom is -0.480 e. The maximum absolute atomic E-state index is 12.5. The van der Waals surface area contributed by atoms with Gasteiger partial charge in [0.15, 0.2) is 5.92 Å². The molecule has 5 nitrogen and oxygen atoms in total. The Hall–Kier alpha value is -1.78. The molecule has 1 N–H and O–H groups in total. The van der Waals surface area contributed by atoms with Gasteiger partial charge in [0.1, 0.15) is 11.8 Å². The van der Waals surface area contributed by atoms with Crippen LogP contribution in [0, 0.1) is 5.92 Å². The molecule has 1 aromatic heterocycles. The van der Waals surface area contributed by atoms with Gasteiger partial charge in [-0.25, -0.2) is 4.98 Å². The van der Waals surface area contributed by atoms with Crippen LogP contribution in [0.4, 0.5) is 26.3 Å². The molecule has 0 amide bonds. The molecule has 0 fully saturated rings. The lowest BCUT2D eigenvalue weighted by Crippen LogP contribution is -2.41. The van der Waals surface area contributed by atoms with Gasteiger partial charge in [-0.1, -0.05) is 0 Å². The van der Waals surface area contributed by atoms with Crippen LogP contribution in [0.1, 0.15) is 11.8 Å². The van der Waals surface area contributed by atoms with E-state index in [0.717, 1.165) is 20.4 Å². The molecule has 0 saturated heterocycles. The third-order valence-corrected chi connectivity index (χ3v) is 2.45. The summed E-state index contributed by atoms with van der Waals surface area (Å²) >= 11 is 0. The molecule has 0 bridgehead atoms. The number of aromatic nitrogens is 2. The number of aliphatic hydroxyl groups is 1. The van der Waals surface area contributed by atoms with Crippen molar-refractivity contribution in [1.82, 2.24) is 9.97 Å². The summed E-state index contributed by atoms with van der Waals surface area (Å²) in [6.07, 6.45) is -13.7. The normalized spacial score (nSPS) is 14.2. The highest BCUT2D eigenvalue weighted by atomic mass is 19.4. The molecule has 120 valence electrons. The van der Waals surface area contributed by atoms with E-state index in [4.69, 9.17) is 0 Å². The molecule has 21 heavy (non-hydrogen) atoms. The number of hydrogen-bond acceptors (Lipinski definition) is 5. The van der Waals surface area contributed by atoms with Gasteiger partial charge in [-0.3, -0.25) is 0 Å². The van der Waals surface area contributed by atoms with E-state index in [0.29, 0.717) is 0 Å². The van der Waals surface area contributed by atoms with Crippen molar-refractivity contribution in [2.45, 2.75) is 18.5 Å². The molecule has 0 aromatic carbocycles. The second-order valence-corrected chi connectivity index (χ2v) is 3.81. The average molecular weight is 320 g/mol. The van der Waals surface area contributed by atoms with E-state index in [2.05, 4.69) is 19.4 Å². The van der Waals surface area contributed by atoms with Gasteiger partial charge in [0.25, 0.3) is 0 Å². The monoisotopic (exact) mass is 320 g/mol. The Morgan fingerprint density at radius 3 is 1.95 bits per heavy atom. The molecule has 0 radical (unpaired) electrons. The molecule has 1 aromatic rings. The molecular formula is C10H10F6N2O3. The van der Waals surface area contributed by atoms with Crippen LogP contribution in [0.3, 0.4) is 0 Å². The number of aliphatic hydroxyl groups excluding tert-OH is 1. The standard InChI is InChI=1S/C10H10F6N2O3/c1-20-4-3-17-5(8(18-4)21-2)6(19)7(9(11,12)13)10(14,15)16/h3,6-7,19H,1-2H3. The second-order valence-electron chi connectivity index (χ2n) is 3.81. The van der Waals surface area contributed by atoms with Gasteiger partial charge >= 0.3 is 12.4 Å². The molecule has 1 unspecified atom stereocenters. The van der Waals surface area contributed by atoms with Gasteiger partial charge in [-0.2, -0.15) is 31.3 Å². The highest BCUT2D eigenvalue weighted by molar-refractivity contribution is 5.25. The predicted molar refractivity (Wildman–Crippen MR) is 55.7 cm³/mol. The fourth-order valence-electron chi connectivity index (χ4n) is 1.52. The van der Waals surface area contributed by atoms with Crippen molar-refractivity contribution in [3.8, 4) is 11.8 Å². The molecule has 0 aliphatic rings. The molecule has 1 atom stereocenters. The van der Waals surface area contributed by atoms with E-state index in [-0.39, 0.29) is 5.88 Å². The van der Waals surface area contributed by atoms with Gasteiger partial charge in [-0.05, 0) is 0 Å². The Morgan fingerprint density at radius 2 is 1.57 bits per heavy atom. The lowest BCUT2D eigenvalue weighted by atomic mass is 9.98. The van der Waals surface area contributed by atoms with Gasteiger partial charge in [-0.15, -0.1) is 0 Å². The van der Waals surface area contributed by atoms with Gasteiger partial charge in [0, 0.05) is 0 Å². The lowest BCUT2D eigenvalue weighted by Gasteiger charge is -2.27. The summed E-state index contributed by atoms with van der Waals surface area (Å²) in [5, 5.41) is 9.46. The number of nitrogens with zero attached hydrogens (tertiary/aromatic N) is 2. The SMILES string of the molecule is COc1cnc(C(O)C(C(F)(F)F)C(F)(F)F)c(OC)n1. The van der Waals surface area contributed by atoms with Crippen molar-refractivity contribution < 1.29 is 40.9 Å². The third kappa shape index (κ3) is 3.86. The van der Waals surface area contributed by atoms with Gasteiger partial charge in [0.05, 0.1) is 20.4 Å². The van der Waals surface area contributed by atoms with Crippen LogP contribution >= 0.6 is 0 Å². The highest BCUT2D eigenvalue weighted by Gasteiger charge is 2.61. The molecule has 1 rings (SSSR count). The van der Waals surface area contributed by atoms with Crippen molar-refractivity contribution >= 4 is 0 Å². The first kappa shape index (κ1) is 17.3. The van der Waals surface area contributed by atoms with Crippen LogP contribution in [0.5, 0.6) is 11.8 Å². The summed E-state index contributed by atoms with van der Waals surface area (Å²) < 4.78 is 84.4. The van der Waals surface area contributed by atoms with Gasteiger partial charge in [0.2, 0.25) is 11.8 Å². The zero-order chi connectivity index (χ0) is 16.4. The van der Waals surface area contributed by atoms with E-state index >= 15 is 0 Å².